The normalized spacial score (nSPS) is 18.4. The number of nitro groups is 1. The molecule has 0 spiro atoms. The van der Waals surface area contributed by atoms with Crippen LogP contribution < -0.4 is 5.32 Å². The van der Waals surface area contributed by atoms with Crippen LogP contribution in [0.3, 0.4) is 0 Å². The standard InChI is InChI=1S/C15H19N3O5/c1-10-8-11(18(22)23)5-6-12(10)16-14(19)9-17-7-3-2-4-13(17)15(20)21/h5-6,8,13H,2-4,7,9H2,1H3,(H,16,19)(H,20,21). The number of benzene rings is 1. The second-order valence-corrected chi connectivity index (χ2v) is 5.62. The number of carboxylic acid groups (broad SMARTS) is 1. The molecule has 1 heterocycles. The van der Waals surface area contributed by atoms with Crippen molar-refractivity contribution in [3.05, 3.63) is 33.9 Å². The molecule has 0 radical (unpaired) electrons. The molecule has 0 aliphatic carbocycles. The molecule has 23 heavy (non-hydrogen) atoms. The maximum Gasteiger partial charge on any atom is 0.320 e. The smallest absolute Gasteiger partial charge is 0.320 e. The molecule has 2 rings (SSSR count). The lowest BCUT2D eigenvalue weighted by Gasteiger charge is -2.32. The maximum atomic E-state index is 12.1. The van der Waals surface area contributed by atoms with Crippen molar-refractivity contribution in [3.63, 3.8) is 0 Å². The van der Waals surface area contributed by atoms with E-state index < -0.39 is 16.9 Å². The number of piperidine rings is 1. The first-order valence-electron chi connectivity index (χ1n) is 7.40. The molecule has 1 aliphatic rings. The highest BCUT2D eigenvalue weighted by Gasteiger charge is 2.29. The Morgan fingerprint density at radius 3 is 2.78 bits per heavy atom. The molecule has 0 aromatic heterocycles. The number of rotatable bonds is 5. The molecule has 8 heteroatoms. The van der Waals surface area contributed by atoms with Crippen LogP contribution in [0.15, 0.2) is 18.2 Å². The van der Waals surface area contributed by atoms with Crippen LogP contribution in [0.5, 0.6) is 0 Å². The number of aliphatic carboxylic acids is 1. The molecular weight excluding hydrogens is 302 g/mol. The Morgan fingerprint density at radius 2 is 2.17 bits per heavy atom. The number of hydrogen-bond donors (Lipinski definition) is 2. The molecule has 0 bridgehead atoms. The first kappa shape index (κ1) is 16.9. The summed E-state index contributed by atoms with van der Waals surface area (Å²) in [5.74, 6) is -1.24. The quantitative estimate of drug-likeness (QED) is 0.631. The lowest BCUT2D eigenvalue weighted by molar-refractivity contribution is -0.384. The van der Waals surface area contributed by atoms with Crippen molar-refractivity contribution in [2.75, 3.05) is 18.4 Å². The molecular formula is C15H19N3O5. The van der Waals surface area contributed by atoms with Gasteiger partial charge in [0, 0.05) is 17.8 Å². The van der Waals surface area contributed by atoms with Crippen LogP contribution in [-0.4, -0.2) is 45.9 Å². The topological polar surface area (TPSA) is 113 Å². The van der Waals surface area contributed by atoms with E-state index in [9.17, 15) is 24.8 Å². The summed E-state index contributed by atoms with van der Waals surface area (Å²) in [7, 11) is 0. The Labute approximate surface area is 133 Å². The number of carbonyl (C=O) groups excluding carboxylic acids is 1. The number of likely N-dealkylation sites (tertiary alicyclic amines) is 1. The van der Waals surface area contributed by atoms with Gasteiger partial charge in [-0.05, 0) is 37.9 Å². The third kappa shape index (κ3) is 4.26. The predicted molar refractivity (Wildman–Crippen MR) is 83.3 cm³/mol. The predicted octanol–water partition coefficient (Wildman–Crippen LogP) is 1.78. The van der Waals surface area contributed by atoms with Crippen LogP contribution in [-0.2, 0) is 9.59 Å². The zero-order valence-corrected chi connectivity index (χ0v) is 12.8. The average molecular weight is 321 g/mol. The van der Waals surface area contributed by atoms with Gasteiger partial charge in [-0.15, -0.1) is 0 Å². The summed E-state index contributed by atoms with van der Waals surface area (Å²) in [5.41, 5.74) is 1.04. The number of amides is 1. The van der Waals surface area contributed by atoms with Crippen LogP contribution in [0.4, 0.5) is 11.4 Å². The molecule has 8 nitrogen and oxygen atoms in total. The summed E-state index contributed by atoms with van der Waals surface area (Å²) in [6, 6.07) is 3.56. The van der Waals surface area contributed by atoms with Gasteiger partial charge in [-0.25, -0.2) is 0 Å². The lowest BCUT2D eigenvalue weighted by atomic mass is 10.0. The van der Waals surface area contributed by atoms with E-state index in [0.29, 0.717) is 24.2 Å². The Hall–Kier alpha value is -2.48. The number of aryl methyl sites for hydroxylation is 1. The van der Waals surface area contributed by atoms with Crippen LogP contribution in [0.2, 0.25) is 0 Å². The number of nitrogens with one attached hydrogen (secondary N) is 1. The van der Waals surface area contributed by atoms with Crippen molar-refractivity contribution in [1.29, 1.82) is 0 Å². The molecule has 1 atom stereocenters. The third-order valence-electron chi connectivity index (χ3n) is 3.94. The highest BCUT2D eigenvalue weighted by atomic mass is 16.6. The second-order valence-electron chi connectivity index (χ2n) is 5.62. The van der Waals surface area contributed by atoms with Gasteiger partial charge in [-0.3, -0.25) is 24.6 Å². The van der Waals surface area contributed by atoms with Crippen molar-refractivity contribution >= 4 is 23.3 Å². The van der Waals surface area contributed by atoms with E-state index in [1.54, 1.807) is 11.8 Å². The average Bonchev–Trinajstić information content (AvgIpc) is 2.49. The van der Waals surface area contributed by atoms with Crippen LogP contribution in [0.1, 0.15) is 24.8 Å². The van der Waals surface area contributed by atoms with Crippen LogP contribution in [0.25, 0.3) is 0 Å². The van der Waals surface area contributed by atoms with Crippen molar-refractivity contribution < 1.29 is 19.6 Å². The van der Waals surface area contributed by atoms with E-state index in [1.165, 1.54) is 18.2 Å². The molecule has 1 aliphatic heterocycles. The Balaban J connectivity index is 2.01. The number of carbonyl (C=O) groups is 2. The maximum absolute atomic E-state index is 12.1. The largest absolute Gasteiger partial charge is 0.480 e. The number of anilines is 1. The number of hydrogen-bond acceptors (Lipinski definition) is 5. The van der Waals surface area contributed by atoms with Gasteiger partial charge >= 0.3 is 5.97 Å². The van der Waals surface area contributed by atoms with Gasteiger partial charge in [0.1, 0.15) is 6.04 Å². The zero-order valence-electron chi connectivity index (χ0n) is 12.8. The van der Waals surface area contributed by atoms with Gasteiger partial charge in [0.15, 0.2) is 0 Å². The second kappa shape index (κ2) is 7.19. The third-order valence-corrected chi connectivity index (χ3v) is 3.94. The minimum atomic E-state index is -0.913. The number of non-ortho nitro benzene ring substituents is 1. The van der Waals surface area contributed by atoms with Crippen molar-refractivity contribution in [2.45, 2.75) is 32.2 Å². The molecule has 1 amide bonds. The van der Waals surface area contributed by atoms with Crippen molar-refractivity contribution in [2.24, 2.45) is 0 Å². The van der Waals surface area contributed by atoms with Gasteiger partial charge in [-0.1, -0.05) is 6.42 Å². The first-order valence-corrected chi connectivity index (χ1v) is 7.40. The fourth-order valence-electron chi connectivity index (χ4n) is 2.74. The van der Waals surface area contributed by atoms with E-state index in [1.807, 2.05) is 0 Å². The summed E-state index contributed by atoms with van der Waals surface area (Å²) in [6.07, 6.45) is 2.25. The van der Waals surface area contributed by atoms with Crippen LogP contribution >= 0.6 is 0 Å². The fraction of sp³-hybridized carbons (Fsp3) is 0.467. The lowest BCUT2D eigenvalue weighted by Crippen LogP contribution is -2.47. The highest BCUT2D eigenvalue weighted by Crippen LogP contribution is 2.22. The Bertz CT molecular complexity index is 632. The first-order chi connectivity index (χ1) is 10.9. The Kier molecular flexibility index (Phi) is 5.28. The van der Waals surface area contributed by atoms with Crippen molar-refractivity contribution in [1.82, 2.24) is 4.90 Å². The van der Waals surface area contributed by atoms with Gasteiger partial charge in [0.25, 0.3) is 5.69 Å². The minimum absolute atomic E-state index is 0.00655. The van der Waals surface area contributed by atoms with Gasteiger partial charge < -0.3 is 10.4 Å². The zero-order chi connectivity index (χ0) is 17.0. The summed E-state index contributed by atoms with van der Waals surface area (Å²) in [6.45, 7) is 2.24. The molecule has 124 valence electrons. The van der Waals surface area contributed by atoms with Gasteiger partial charge in [-0.2, -0.15) is 0 Å². The van der Waals surface area contributed by atoms with E-state index in [4.69, 9.17) is 0 Å². The van der Waals surface area contributed by atoms with Gasteiger partial charge in [0.2, 0.25) is 5.91 Å². The molecule has 1 saturated heterocycles. The van der Waals surface area contributed by atoms with E-state index >= 15 is 0 Å². The highest BCUT2D eigenvalue weighted by molar-refractivity contribution is 5.93. The summed E-state index contributed by atoms with van der Waals surface area (Å²) < 4.78 is 0. The number of nitro benzene ring substituents is 1. The fourth-order valence-corrected chi connectivity index (χ4v) is 2.74. The number of nitrogens with zero attached hydrogens (tertiary/aromatic N) is 2. The molecule has 2 N–H and O–H groups in total. The Morgan fingerprint density at radius 1 is 1.43 bits per heavy atom. The van der Waals surface area contributed by atoms with Crippen LogP contribution in [0, 0.1) is 17.0 Å². The molecule has 1 unspecified atom stereocenters. The molecule has 1 aromatic rings. The summed E-state index contributed by atoms with van der Waals surface area (Å²) >= 11 is 0. The van der Waals surface area contributed by atoms with Gasteiger partial charge in [0.05, 0.1) is 11.5 Å². The minimum Gasteiger partial charge on any atom is -0.480 e. The summed E-state index contributed by atoms with van der Waals surface area (Å²) in [5, 5.41) is 22.6. The monoisotopic (exact) mass is 321 g/mol. The molecule has 0 saturated carbocycles. The van der Waals surface area contributed by atoms with E-state index in [0.717, 1.165) is 12.8 Å². The summed E-state index contributed by atoms with van der Waals surface area (Å²) in [4.78, 5) is 35.2. The van der Waals surface area contributed by atoms with E-state index in [2.05, 4.69) is 5.32 Å². The van der Waals surface area contributed by atoms with Crippen molar-refractivity contribution in [3.8, 4) is 0 Å². The molecule has 1 fully saturated rings. The van der Waals surface area contributed by atoms with E-state index in [-0.39, 0.29) is 18.1 Å². The molecule has 1 aromatic carbocycles. The number of carboxylic acids is 1. The SMILES string of the molecule is Cc1cc([N+](=O)[O-])ccc1NC(=O)CN1CCCCC1C(=O)O.